The van der Waals surface area contributed by atoms with Gasteiger partial charge in [-0.05, 0) is 43.2 Å². The predicted octanol–water partition coefficient (Wildman–Crippen LogP) is 2.75. The molecule has 0 aromatic heterocycles. The normalized spacial score (nSPS) is 12.4. The summed E-state index contributed by atoms with van der Waals surface area (Å²) in [6.07, 6.45) is 1.38. The zero-order valence-corrected chi connectivity index (χ0v) is 19.0. The van der Waals surface area contributed by atoms with Gasteiger partial charge in [0.1, 0.15) is 6.04 Å². The maximum absolute atomic E-state index is 12.9. The lowest BCUT2D eigenvalue weighted by molar-refractivity contribution is -0.122. The van der Waals surface area contributed by atoms with Crippen LogP contribution in [-0.4, -0.2) is 38.8 Å². The van der Waals surface area contributed by atoms with E-state index in [9.17, 15) is 18.3 Å². The van der Waals surface area contributed by atoms with Crippen LogP contribution in [0.3, 0.4) is 0 Å². The summed E-state index contributed by atoms with van der Waals surface area (Å²) in [5.74, 6) is -0.509. The van der Waals surface area contributed by atoms with Gasteiger partial charge < -0.3 is 9.84 Å². The van der Waals surface area contributed by atoms with Crippen molar-refractivity contribution in [1.82, 2.24) is 10.1 Å². The molecule has 0 fully saturated rings. The van der Waals surface area contributed by atoms with Gasteiger partial charge in [0.15, 0.2) is 11.5 Å². The molecule has 0 saturated carbocycles. The van der Waals surface area contributed by atoms with E-state index in [2.05, 4.69) is 15.2 Å². The molecular formula is C24H25N3O5S. The van der Waals surface area contributed by atoms with Crippen molar-refractivity contribution in [1.29, 1.82) is 0 Å². The van der Waals surface area contributed by atoms with E-state index in [-0.39, 0.29) is 22.8 Å². The molecule has 0 saturated heterocycles. The van der Waals surface area contributed by atoms with Crippen molar-refractivity contribution in [2.24, 2.45) is 5.10 Å². The molecule has 172 valence electrons. The maximum Gasteiger partial charge on any atom is 0.258 e. The molecule has 3 aromatic carbocycles. The van der Waals surface area contributed by atoms with Crippen molar-refractivity contribution < 1.29 is 23.1 Å². The third-order valence-electron chi connectivity index (χ3n) is 4.86. The number of para-hydroxylation sites is 1. The molecule has 1 atom stereocenters. The number of benzene rings is 3. The average molecular weight is 468 g/mol. The quantitative estimate of drug-likeness (QED) is 0.330. The molecule has 9 heteroatoms. The van der Waals surface area contributed by atoms with Gasteiger partial charge in [0.25, 0.3) is 5.91 Å². The van der Waals surface area contributed by atoms with Crippen LogP contribution in [0.2, 0.25) is 0 Å². The highest BCUT2D eigenvalue weighted by atomic mass is 32.2. The minimum Gasteiger partial charge on any atom is -0.504 e. The molecule has 0 aliphatic rings. The fourth-order valence-corrected chi connectivity index (χ4v) is 4.26. The van der Waals surface area contributed by atoms with Crippen LogP contribution in [0.4, 0.5) is 0 Å². The zero-order chi connectivity index (χ0) is 23.8. The van der Waals surface area contributed by atoms with E-state index in [1.54, 1.807) is 42.5 Å². The molecule has 0 aliphatic carbocycles. The Morgan fingerprint density at radius 2 is 1.76 bits per heavy atom. The fraction of sp³-hybridized carbons (Fsp3) is 0.167. The van der Waals surface area contributed by atoms with Gasteiger partial charge in [0.2, 0.25) is 10.0 Å². The molecule has 1 amide bonds. The Balaban J connectivity index is 1.80. The van der Waals surface area contributed by atoms with Crippen LogP contribution in [-0.2, 0) is 21.2 Å². The predicted molar refractivity (Wildman–Crippen MR) is 126 cm³/mol. The number of rotatable bonds is 9. The summed E-state index contributed by atoms with van der Waals surface area (Å²) in [5, 5.41) is 14.0. The Morgan fingerprint density at radius 3 is 2.42 bits per heavy atom. The molecule has 33 heavy (non-hydrogen) atoms. The molecule has 8 nitrogen and oxygen atoms in total. The van der Waals surface area contributed by atoms with Gasteiger partial charge in [-0.2, -0.15) is 9.82 Å². The first-order valence-electron chi connectivity index (χ1n) is 10.1. The Kier molecular flexibility index (Phi) is 7.81. The summed E-state index contributed by atoms with van der Waals surface area (Å²) in [6, 6.07) is 19.1. The third kappa shape index (κ3) is 6.41. The molecule has 0 spiro atoms. The summed E-state index contributed by atoms with van der Waals surface area (Å²) < 4.78 is 33.3. The topological polar surface area (TPSA) is 117 Å². The van der Waals surface area contributed by atoms with Crippen LogP contribution in [0.15, 0.2) is 82.8 Å². The lowest BCUT2D eigenvalue weighted by Crippen LogP contribution is -2.46. The number of carbonyl (C=O) groups is 1. The van der Waals surface area contributed by atoms with Gasteiger partial charge in [-0.1, -0.05) is 54.1 Å². The average Bonchev–Trinajstić information content (AvgIpc) is 2.80. The fourth-order valence-electron chi connectivity index (χ4n) is 3.06. The Labute approximate surface area is 193 Å². The summed E-state index contributed by atoms with van der Waals surface area (Å²) in [7, 11) is -2.53. The standard InChI is InChI=1S/C24H25N3O5S/c1-17-11-13-20(14-12-17)33(30,31)27-21(15-18-7-4-3-5-8-18)24(29)26-25-16-19-9-6-10-22(32-2)23(19)28/h3-14,16,21,27-28H,15H2,1-2H3,(H,26,29)/b25-16-/t21-/m1/s1. The molecule has 3 rings (SSSR count). The molecule has 0 unspecified atom stereocenters. The number of aromatic hydroxyl groups is 1. The van der Waals surface area contributed by atoms with E-state index in [0.29, 0.717) is 5.56 Å². The van der Waals surface area contributed by atoms with Crippen LogP contribution in [0.25, 0.3) is 0 Å². The second kappa shape index (κ2) is 10.8. The number of phenols is 1. The number of ether oxygens (including phenoxy) is 1. The lowest BCUT2D eigenvalue weighted by Gasteiger charge is -2.17. The highest BCUT2D eigenvalue weighted by Crippen LogP contribution is 2.27. The Bertz CT molecular complexity index is 1230. The maximum atomic E-state index is 12.9. The SMILES string of the molecule is COc1cccc(/C=N\NC(=O)[C@@H](Cc2ccccc2)NS(=O)(=O)c2ccc(C)cc2)c1O. The van der Waals surface area contributed by atoms with Crippen LogP contribution < -0.4 is 14.9 Å². The van der Waals surface area contributed by atoms with Crippen molar-refractivity contribution in [2.45, 2.75) is 24.3 Å². The second-order valence-electron chi connectivity index (χ2n) is 7.31. The molecule has 0 aliphatic heterocycles. The van der Waals surface area contributed by atoms with Crippen molar-refractivity contribution in [3.63, 3.8) is 0 Å². The lowest BCUT2D eigenvalue weighted by atomic mass is 10.1. The number of hydrogen-bond acceptors (Lipinski definition) is 6. The first-order chi connectivity index (χ1) is 15.8. The van der Waals surface area contributed by atoms with E-state index in [0.717, 1.165) is 11.1 Å². The number of sulfonamides is 1. The minimum atomic E-state index is -3.95. The second-order valence-corrected chi connectivity index (χ2v) is 9.02. The highest BCUT2D eigenvalue weighted by Gasteiger charge is 2.26. The minimum absolute atomic E-state index is 0.0590. The van der Waals surface area contributed by atoms with Gasteiger partial charge in [-0.3, -0.25) is 4.79 Å². The van der Waals surface area contributed by atoms with Gasteiger partial charge in [0, 0.05) is 5.56 Å². The number of amides is 1. The molecule has 0 heterocycles. The van der Waals surface area contributed by atoms with E-state index >= 15 is 0 Å². The molecule has 0 radical (unpaired) electrons. The monoisotopic (exact) mass is 467 g/mol. The number of hydrogen-bond donors (Lipinski definition) is 3. The molecule has 3 N–H and O–H groups in total. The number of nitrogens with zero attached hydrogens (tertiary/aromatic N) is 1. The number of carbonyl (C=O) groups excluding carboxylic acids is 1. The molecule has 0 bridgehead atoms. The van der Waals surface area contributed by atoms with Gasteiger partial charge >= 0.3 is 0 Å². The van der Waals surface area contributed by atoms with Crippen molar-refractivity contribution in [3.8, 4) is 11.5 Å². The highest BCUT2D eigenvalue weighted by molar-refractivity contribution is 7.89. The van der Waals surface area contributed by atoms with Crippen molar-refractivity contribution >= 4 is 22.1 Å². The summed E-state index contributed by atoms with van der Waals surface area (Å²) >= 11 is 0. The summed E-state index contributed by atoms with van der Waals surface area (Å²) in [5.41, 5.74) is 4.37. The van der Waals surface area contributed by atoms with E-state index in [1.165, 1.54) is 25.5 Å². The van der Waals surface area contributed by atoms with Gasteiger partial charge in [0.05, 0.1) is 18.2 Å². The molecule has 3 aromatic rings. The Hall–Kier alpha value is -3.69. The van der Waals surface area contributed by atoms with Crippen molar-refractivity contribution in [3.05, 3.63) is 89.5 Å². The zero-order valence-electron chi connectivity index (χ0n) is 18.2. The van der Waals surface area contributed by atoms with Crippen molar-refractivity contribution in [2.75, 3.05) is 7.11 Å². The number of hydrazone groups is 1. The number of aryl methyl sites for hydroxylation is 1. The van der Waals surface area contributed by atoms with Crippen LogP contribution in [0.1, 0.15) is 16.7 Å². The third-order valence-corrected chi connectivity index (χ3v) is 6.34. The first-order valence-corrected chi connectivity index (χ1v) is 11.6. The number of methoxy groups -OCH3 is 1. The number of nitrogens with one attached hydrogen (secondary N) is 2. The first kappa shape index (κ1) is 24.0. The summed E-state index contributed by atoms with van der Waals surface area (Å²) in [4.78, 5) is 12.9. The van der Waals surface area contributed by atoms with Crippen LogP contribution >= 0.6 is 0 Å². The van der Waals surface area contributed by atoms with E-state index < -0.39 is 22.0 Å². The smallest absolute Gasteiger partial charge is 0.258 e. The van der Waals surface area contributed by atoms with Crippen LogP contribution in [0.5, 0.6) is 11.5 Å². The van der Waals surface area contributed by atoms with Gasteiger partial charge in [-0.15, -0.1) is 0 Å². The summed E-state index contributed by atoms with van der Waals surface area (Å²) in [6.45, 7) is 1.85. The van der Waals surface area contributed by atoms with E-state index in [4.69, 9.17) is 4.74 Å². The molecular weight excluding hydrogens is 442 g/mol. The van der Waals surface area contributed by atoms with Crippen LogP contribution in [0, 0.1) is 6.92 Å². The van der Waals surface area contributed by atoms with Gasteiger partial charge in [-0.25, -0.2) is 13.8 Å². The largest absolute Gasteiger partial charge is 0.504 e. The van der Waals surface area contributed by atoms with E-state index in [1.807, 2.05) is 25.1 Å². The Morgan fingerprint density at radius 1 is 1.06 bits per heavy atom. The number of phenolic OH excluding ortho intramolecular Hbond substituents is 1.